The summed E-state index contributed by atoms with van der Waals surface area (Å²) >= 11 is 0. The first-order valence-corrected chi connectivity index (χ1v) is 8.13. The second-order valence-corrected chi connectivity index (χ2v) is 6.40. The Morgan fingerprint density at radius 1 is 1.24 bits per heavy atom. The molecular weight excluding hydrogens is 272 g/mol. The normalized spacial score (nSPS) is 30.0. The van der Waals surface area contributed by atoms with Gasteiger partial charge in [0.25, 0.3) is 0 Å². The van der Waals surface area contributed by atoms with Gasteiger partial charge in [0.15, 0.2) is 5.79 Å². The lowest BCUT2D eigenvalue weighted by Gasteiger charge is -2.35. The quantitative estimate of drug-likeness (QED) is 0.778. The number of nitrogens with one attached hydrogen (secondary N) is 1. The molecule has 0 radical (unpaired) electrons. The van der Waals surface area contributed by atoms with Gasteiger partial charge in [-0.25, -0.2) is 0 Å². The van der Waals surface area contributed by atoms with Crippen LogP contribution >= 0.6 is 0 Å². The molecule has 1 atom stereocenters. The van der Waals surface area contributed by atoms with Crippen LogP contribution in [0.5, 0.6) is 0 Å². The summed E-state index contributed by atoms with van der Waals surface area (Å²) in [5.41, 5.74) is 0. The average molecular weight is 298 g/mol. The lowest BCUT2D eigenvalue weighted by Crippen LogP contribution is -2.47. The van der Waals surface area contributed by atoms with E-state index >= 15 is 0 Å². The molecule has 6 nitrogen and oxygen atoms in total. The van der Waals surface area contributed by atoms with Gasteiger partial charge in [-0.05, 0) is 32.2 Å². The van der Waals surface area contributed by atoms with E-state index in [1.807, 2.05) is 0 Å². The minimum absolute atomic E-state index is 0.0737. The molecule has 1 saturated carbocycles. The van der Waals surface area contributed by atoms with E-state index in [-0.39, 0.29) is 30.4 Å². The third kappa shape index (κ3) is 3.56. The highest BCUT2D eigenvalue weighted by atomic mass is 16.7. The van der Waals surface area contributed by atoms with Gasteiger partial charge in [0, 0.05) is 24.9 Å². The van der Waals surface area contributed by atoms with Gasteiger partial charge in [-0.1, -0.05) is 0 Å². The molecule has 3 aliphatic rings. The van der Waals surface area contributed by atoms with Gasteiger partial charge in [0.1, 0.15) is 0 Å². The minimum Gasteiger partial charge on any atom is -0.395 e. The van der Waals surface area contributed by atoms with Gasteiger partial charge in [-0.2, -0.15) is 0 Å². The summed E-state index contributed by atoms with van der Waals surface area (Å²) in [5, 5.41) is 12.4. The summed E-state index contributed by atoms with van der Waals surface area (Å²) in [7, 11) is 0. The Morgan fingerprint density at radius 2 is 1.95 bits per heavy atom. The second-order valence-electron chi connectivity index (χ2n) is 6.40. The van der Waals surface area contributed by atoms with Crippen LogP contribution in [0, 0.1) is 0 Å². The highest BCUT2D eigenvalue weighted by molar-refractivity contribution is 5.78. The van der Waals surface area contributed by atoms with E-state index in [1.165, 1.54) is 0 Å². The number of aliphatic hydroxyl groups is 1. The van der Waals surface area contributed by atoms with Crippen molar-refractivity contribution in [2.45, 2.75) is 56.4 Å². The fourth-order valence-corrected chi connectivity index (χ4v) is 3.76. The third-order valence-corrected chi connectivity index (χ3v) is 4.98. The van der Waals surface area contributed by atoms with Gasteiger partial charge in [0.05, 0.1) is 26.4 Å². The Hall–Kier alpha value is -0.690. The smallest absolute Gasteiger partial charge is 0.234 e. The van der Waals surface area contributed by atoms with Crippen molar-refractivity contribution in [2.24, 2.45) is 0 Å². The first kappa shape index (κ1) is 15.2. The summed E-state index contributed by atoms with van der Waals surface area (Å²) in [6.45, 7) is 2.84. The Morgan fingerprint density at radius 3 is 2.62 bits per heavy atom. The molecule has 2 aliphatic heterocycles. The van der Waals surface area contributed by atoms with Crippen molar-refractivity contribution in [3.63, 3.8) is 0 Å². The zero-order chi connectivity index (χ0) is 14.7. The molecule has 1 amide bonds. The van der Waals surface area contributed by atoms with Crippen LogP contribution in [0.3, 0.4) is 0 Å². The highest BCUT2D eigenvalue weighted by Gasteiger charge is 2.40. The van der Waals surface area contributed by atoms with Crippen molar-refractivity contribution in [2.75, 3.05) is 32.9 Å². The van der Waals surface area contributed by atoms with Crippen LogP contribution in [0.2, 0.25) is 0 Å². The molecule has 1 spiro atoms. The minimum atomic E-state index is -0.363. The Kier molecular flexibility index (Phi) is 4.78. The molecule has 6 heteroatoms. The molecule has 0 aromatic rings. The van der Waals surface area contributed by atoms with Crippen molar-refractivity contribution >= 4 is 5.91 Å². The lowest BCUT2D eigenvalue weighted by atomic mass is 9.90. The van der Waals surface area contributed by atoms with E-state index in [2.05, 4.69) is 10.2 Å². The summed E-state index contributed by atoms with van der Waals surface area (Å²) in [6.07, 6.45) is 5.61. The molecular formula is C15H26N2O4. The molecule has 3 rings (SSSR count). The molecule has 120 valence electrons. The lowest BCUT2D eigenvalue weighted by molar-refractivity contribution is -0.180. The zero-order valence-electron chi connectivity index (χ0n) is 12.6. The predicted octanol–water partition coefficient (Wildman–Crippen LogP) is 0.245. The number of aliphatic hydroxyl groups excluding tert-OH is 1. The summed E-state index contributed by atoms with van der Waals surface area (Å²) in [4.78, 5) is 14.2. The largest absolute Gasteiger partial charge is 0.395 e. The molecule has 0 aromatic carbocycles. The van der Waals surface area contributed by atoms with E-state index in [0.29, 0.717) is 19.8 Å². The van der Waals surface area contributed by atoms with Crippen LogP contribution in [0.1, 0.15) is 38.5 Å². The van der Waals surface area contributed by atoms with E-state index in [1.54, 1.807) is 0 Å². The molecule has 0 unspecified atom stereocenters. The number of carbonyl (C=O) groups excluding carboxylic acids is 1. The second kappa shape index (κ2) is 6.60. The molecule has 2 N–H and O–H groups in total. The monoisotopic (exact) mass is 298 g/mol. The van der Waals surface area contributed by atoms with Gasteiger partial charge in [0.2, 0.25) is 5.91 Å². The van der Waals surface area contributed by atoms with E-state index in [4.69, 9.17) is 9.47 Å². The topological polar surface area (TPSA) is 71.0 Å². The van der Waals surface area contributed by atoms with Crippen molar-refractivity contribution in [1.82, 2.24) is 10.2 Å². The van der Waals surface area contributed by atoms with Crippen molar-refractivity contribution < 1.29 is 19.4 Å². The maximum Gasteiger partial charge on any atom is 0.234 e. The predicted molar refractivity (Wildman–Crippen MR) is 76.7 cm³/mol. The average Bonchev–Trinajstić information content (AvgIpc) is 3.11. The zero-order valence-corrected chi connectivity index (χ0v) is 12.6. The first-order chi connectivity index (χ1) is 10.2. The highest BCUT2D eigenvalue weighted by Crippen LogP contribution is 2.35. The number of amides is 1. The summed E-state index contributed by atoms with van der Waals surface area (Å²) in [6, 6.07) is 0.386. The van der Waals surface area contributed by atoms with Crippen LogP contribution in [0.25, 0.3) is 0 Å². The van der Waals surface area contributed by atoms with Crippen LogP contribution in [0.4, 0.5) is 0 Å². The van der Waals surface area contributed by atoms with Crippen LogP contribution in [-0.2, 0) is 14.3 Å². The molecule has 1 aliphatic carbocycles. The number of ether oxygens (including phenoxy) is 2. The van der Waals surface area contributed by atoms with Crippen LogP contribution in [-0.4, -0.2) is 66.7 Å². The molecule has 0 aromatic heterocycles. The number of likely N-dealkylation sites (tertiary alicyclic amines) is 1. The molecule has 0 bridgehead atoms. The third-order valence-electron chi connectivity index (χ3n) is 4.98. The molecule has 21 heavy (non-hydrogen) atoms. The fourth-order valence-electron chi connectivity index (χ4n) is 3.76. The van der Waals surface area contributed by atoms with Crippen molar-refractivity contribution in [1.29, 1.82) is 0 Å². The van der Waals surface area contributed by atoms with Crippen LogP contribution in [0.15, 0.2) is 0 Å². The van der Waals surface area contributed by atoms with E-state index in [9.17, 15) is 9.90 Å². The van der Waals surface area contributed by atoms with Crippen LogP contribution < -0.4 is 5.32 Å². The maximum absolute atomic E-state index is 12.1. The number of rotatable bonds is 4. The first-order valence-electron chi connectivity index (χ1n) is 8.13. The van der Waals surface area contributed by atoms with Gasteiger partial charge in [-0.3, -0.25) is 9.69 Å². The van der Waals surface area contributed by atoms with E-state index < -0.39 is 0 Å². The number of carbonyl (C=O) groups is 1. The maximum atomic E-state index is 12.1. The van der Waals surface area contributed by atoms with Crippen molar-refractivity contribution in [3.8, 4) is 0 Å². The SMILES string of the molecule is O=C(CN1CCC[C@H]1CO)NC1CCC2(CC1)OCCO2. The summed E-state index contributed by atoms with van der Waals surface area (Å²) in [5.74, 6) is -0.289. The Labute approximate surface area is 125 Å². The molecule has 2 saturated heterocycles. The molecule has 3 fully saturated rings. The van der Waals surface area contributed by atoms with Gasteiger partial charge < -0.3 is 19.9 Å². The fraction of sp³-hybridized carbons (Fsp3) is 0.933. The number of nitrogens with zero attached hydrogens (tertiary/aromatic N) is 1. The van der Waals surface area contributed by atoms with Gasteiger partial charge in [-0.15, -0.1) is 0 Å². The van der Waals surface area contributed by atoms with Gasteiger partial charge >= 0.3 is 0 Å². The van der Waals surface area contributed by atoms with E-state index in [0.717, 1.165) is 45.1 Å². The summed E-state index contributed by atoms with van der Waals surface area (Å²) < 4.78 is 11.4. The standard InChI is InChI=1S/C15H26N2O4/c18-11-13-2-1-7-17(13)10-14(19)16-12-3-5-15(6-4-12)20-8-9-21-15/h12-13,18H,1-11H2,(H,16,19)/t13-/m0/s1. The van der Waals surface area contributed by atoms with Crippen molar-refractivity contribution in [3.05, 3.63) is 0 Å². The number of hydrogen-bond donors (Lipinski definition) is 2. The number of hydrogen-bond acceptors (Lipinski definition) is 5. The molecule has 2 heterocycles. The Bertz CT molecular complexity index is 361. The Balaban J connectivity index is 1.41.